The maximum Gasteiger partial charge on any atom is 1.00 e. The molecule has 0 unspecified atom stereocenters. The minimum Gasteiger partial charge on any atom is -0.266 e. The fraction of sp³-hybridized carbons (Fsp3) is 0.556. The average Bonchev–Trinajstić information content (AvgIpc) is 2.11. The summed E-state index contributed by atoms with van der Waals surface area (Å²) in [7, 11) is 0. The third kappa shape index (κ3) is 3.03. The van der Waals surface area contributed by atoms with E-state index in [2.05, 4.69) is 39.8 Å². The van der Waals surface area contributed by atoms with Gasteiger partial charge in [-0.2, -0.15) is 0 Å². The zero-order chi connectivity index (χ0) is 7.78. The van der Waals surface area contributed by atoms with Gasteiger partial charge in [0.2, 0.25) is 0 Å². The third-order valence-corrected chi connectivity index (χ3v) is 2.72. The van der Waals surface area contributed by atoms with E-state index in [1.807, 2.05) is 11.3 Å². The summed E-state index contributed by atoms with van der Waals surface area (Å²) < 4.78 is 0. The Morgan fingerprint density at radius 2 is 1.91 bits per heavy atom. The van der Waals surface area contributed by atoms with Crippen LogP contribution in [0.4, 0.5) is 0 Å². The summed E-state index contributed by atoms with van der Waals surface area (Å²) in [6.07, 6.45) is 0. The smallest absolute Gasteiger partial charge is 0.266 e. The summed E-state index contributed by atoms with van der Waals surface area (Å²) in [5, 5.41) is 0. The van der Waals surface area contributed by atoms with Crippen LogP contribution in [0.1, 0.15) is 30.5 Å². The molecule has 0 nitrogen and oxygen atoms in total. The van der Waals surface area contributed by atoms with Crippen LogP contribution < -0.4 is 18.9 Å². The Bertz CT molecular complexity index is 220. The van der Waals surface area contributed by atoms with Gasteiger partial charge >= 0.3 is 18.9 Å². The maximum absolute atomic E-state index is 3.26. The molecule has 0 bridgehead atoms. The number of aryl methyl sites for hydroxylation is 1. The second-order valence-corrected chi connectivity index (χ2v) is 4.84. The average molecular weight is 160 g/mol. The molecule has 0 radical (unpaired) electrons. The molecule has 0 spiro atoms. The van der Waals surface area contributed by atoms with E-state index >= 15 is 0 Å². The molecule has 0 atom stereocenters. The first kappa shape index (κ1) is 11.3. The van der Waals surface area contributed by atoms with Crippen LogP contribution in [0.3, 0.4) is 0 Å². The molecular formula is C9H13LiS. The van der Waals surface area contributed by atoms with Gasteiger partial charge < -0.3 is 0 Å². The van der Waals surface area contributed by atoms with Crippen LogP contribution in [-0.2, 0) is 5.41 Å². The van der Waals surface area contributed by atoms with Gasteiger partial charge in [-0.25, -0.2) is 12.1 Å². The van der Waals surface area contributed by atoms with Crippen molar-refractivity contribution in [3.63, 3.8) is 0 Å². The Kier molecular flexibility index (Phi) is 3.91. The van der Waals surface area contributed by atoms with E-state index in [0.29, 0.717) is 0 Å². The second kappa shape index (κ2) is 3.80. The van der Waals surface area contributed by atoms with Crippen LogP contribution in [0.25, 0.3) is 0 Å². The summed E-state index contributed by atoms with van der Waals surface area (Å²) in [6.45, 7) is 8.77. The topological polar surface area (TPSA) is 0 Å². The molecule has 0 aliphatic heterocycles. The predicted molar refractivity (Wildman–Crippen MR) is 46.6 cm³/mol. The summed E-state index contributed by atoms with van der Waals surface area (Å²) >= 11 is 1.84. The number of thiophene rings is 1. The molecule has 0 aliphatic carbocycles. The number of hydrogen-bond acceptors (Lipinski definition) is 1. The third-order valence-electron chi connectivity index (χ3n) is 1.35. The van der Waals surface area contributed by atoms with E-state index in [4.69, 9.17) is 0 Å². The molecule has 1 aromatic heterocycles. The van der Waals surface area contributed by atoms with Crippen molar-refractivity contribution in [2.24, 2.45) is 0 Å². The van der Waals surface area contributed by atoms with Crippen molar-refractivity contribution in [3.05, 3.63) is 21.9 Å². The predicted octanol–water partition coefficient (Wildman–Crippen LogP) is 0.158. The van der Waals surface area contributed by atoms with Gasteiger partial charge in [-0.15, -0.1) is 4.88 Å². The van der Waals surface area contributed by atoms with Gasteiger partial charge in [0.05, 0.1) is 0 Å². The van der Waals surface area contributed by atoms with Gasteiger partial charge in [-0.3, -0.25) is 11.3 Å². The van der Waals surface area contributed by atoms with Crippen LogP contribution in [0.2, 0.25) is 0 Å². The van der Waals surface area contributed by atoms with Crippen molar-refractivity contribution in [3.8, 4) is 0 Å². The zero-order valence-electron chi connectivity index (χ0n) is 7.99. The van der Waals surface area contributed by atoms with E-state index in [1.165, 1.54) is 9.75 Å². The minimum absolute atomic E-state index is 0. The first-order chi connectivity index (χ1) is 4.50. The molecule has 0 aliphatic rings. The molecule has 0 saturated heterocycles. The van der Waals surface area contributed by atoms with E-state index in [9.17, 15) is 0 Å². The zero-order valence-corrected chi connectivity index (χ0v) is 8.80. The first-order valence-electron chi connectivity index (χ1n) is 3.49. The van der Waals surface area contributed by atoms with E-state index in [0.717, 1.165) is 0 Å². The Morgan fingerprint density at radius 1 is 1.36 bits per heavy atom. The summed E-state index contributed by atoms with van der Waals surface area (Å²) in [4.78, 5) is 2.70. The standard InChI is InChI=1S/C9H13S.Li/c1-7-5-6-8(10-7)9(2,3)4;/h5H,1-4H3;/q-1;+1. The summed E-state index contributed by atoms with van der Waals surface area (Å²) in [6, 6.07) is 5.32. The van der Waals surface area contributed by atoms with Crippen molar-refractivity contribution in [1.29, 1.82) is 0 Å². The van der Waals surface area contributed by atoms with Gasteiger partial charge in [0.15, 0.2) is 0 Å². The van der Waals surface area contributed by atoms with Crippen LogP contribution in [0, 0.1) is 13.0 Å². The maximum atomic E-state index is 3.26. The minimum atomic E-state index is 0. The van der Waals surface area contributed by atoms with Crippen LogP contribution in [0.5, 0.6) is 0 Å². The van der Waals surface area contributed by atoms with Gasteiger partial charge in [-0.05, 0) is 5.41 Å². The molecule has 2 heteroatoms. The molecule has 1 rings (SSSR count). The molecule has 0 saturated carbocycles. The normalized spacial score (nSPS) is 10.9. The SMILES string of the molecule is Cc1c[c-]c(C(C)(C)C)s1.[Li+]. The largest absolute Gasteiger partial charge is 1.00 e. The van der Waals surface area contributed by atoms with E-state index in [-0.39, 0.29) is 24.3 Å². The van der Waals surface area contributed by atoms with E-state index < -0.39 is 0 Å². The fourth-order valence-corrected chi connectivity index (χ4v) is 1.62. The monoisotopic (exact) mass is 160 g/mol. The Labute approximate surface area is 85.2 Å². The van der Waals surface area contributed by atoms with Crippen LogP contribution >= 0.6 is 11.3 Å². The van der Waals surface area contributed by atoms with E-state index in [1.54, 1.807) is 0 Å². The van der Waals surface area contributed by atoms with Gasteiger partial charge in [-0.1, -0.05) is 32.6 Å². The molecule has 0 N–H and O–H groups in total. The number of hydrogen-bond donors (Lipinski definition) is 0. The van der Waals surface area contributed by atoms with Crippen LogP contribution in [-0.4, -0.2) is 0 Å². The Morgan fingerprint density at radius 3 is 2.09 bits per heavy atom. The van der Waals surface area contributed by atoms with Gasteiger partial charge in [0, 0.05) is 0 Å². The first-order valence-corrected chi connectivity index (χ1v) is 4.30. The van der Waals surface area contributed by atoms with Crippen molar-refractivity contribution in [2.75, 3.05) is 0 Å². The molecule has 1 aromatic rings. The molecule has 0 aromatic carbocycles. The van der Waals surface area contributed by atoms with Crippen molar-refractivity contribution in [1.82, 2.24) is 0 Å². The molecule has 0 fully saturated rings. The molecular weight excluding hydrogens is 147 g/mol. The Balaban J connectivity index is 0.000001000. The molecule has 1 heterocycles. The van der Waals surface area contributed by atoms with Crippen molar-refractivity contribution >= 4 is 11.3 Å². The van der Waals surface area contributed by atoms with Crippen molar-refractivity contribution in [2.45, 2.75) is 33.1 Å². The van der Waals surface area contributed by atoms with Crippen molar-refractivity contribution < 1.29 is 18.9 Å². The quantitative estimate of drug-likeness (QED) is 0.374. The molecule has 0 amide bonds. The fourth-order valence-electron chi connectivity index (χ4n) is 0.757. The van der Waals surface area contributed by atoms with Crippen LogP contribution in [0.15, 0.2) is 6.07 Å². The van der Waals surface area contributed by atoms with Gasteiger partial charge in [0.1, 0.15) is 0 Å². The Hall–Kier alpha value is 0.297. The molecule has 56 valence electrons. The molecule has 11 heavy (non-hydrogen) atoms. The number of rotatable bonds is 0. The van der Waals surface area contributed by atoms with Gasteiger partial charge in [0.25, 0.3) is 0 Å². The second-order valence-electron chi connectivity index (χ2n) is 3.58. The summed E-state index contributed by atoms with van der Waals surface area (Å²) in [5.74, 6) is 0. The summed E-state index contributed by atoms with van der Waals surface area (Å²) in [5.41, 5.74) is 0.277.